The maximum atomic E-state index is 12.8. The summed E-state index contributed by atoms with van der Waals surface area (Å²) in [4.78, 5) is 30.6. The van der Waals surface area contributed by atoms with Crippen LogP contribution in [-0.4, -0.2) is 67.0 Å². The molecule has 10 heteroatoms. The molecular formula is C22H25N3O5S2. The predicted molar refractivity (Wildman–Crippen MR) is 125 cm³/mol. The predicted octanol–water partition coefficient (Wildman–Crippen LogP) is 3.17. The van der Waals surface area contributed by atoms with Gasteiger partial charge >= 0.3 is 0 Å². The van der Waals surface area contributed by atoms with E-state index in [1.165, 1.54) is 49.8 Å². The lowest BCUT2D eigenvalue weighted by Crippen LogP contribution is -2.36. The van der Waals surface area contributed by atoms with Crippen molar-refractivity contribution in [3.8, 4) is 5.75 Å². The number of carbonyl (C=O) groups is 2. The smallest absolute Gasteiger partial charge is 0.266 e. The van der Waals surface area contributed by atoms with E-state index in [0.717, 1.165) is 4.31 Å². The third-order valence-corrected chi connectivity index (χ3v) is 7.59. The molecule has 1 heterocycles. The fraction of sp³-hybridized carbons (Fsp3) is 0.318. The maximum absolute atomic E-state index is 12.8. The van der Waals surface area contributed by atoms with E-state index in [1.54, 1.807) is 36.4 Å². The van der Waals surface area contributed by atoms with Crippen LogP contribution in [0.15, 0.2) is 58.4 Å². The molecule has 3 rings (SSSR count). The average molecular weight is 476 g/mol. The van der Waals surface area contributed by atoms with Crippen LogP contribution in [0.1, 0.15) is 24.2 Å². The molecule has 0 saturated carbocycles. The van der Waals surface area contributed by atoms with Crippen LogP contribution in [-0.2, 0) is 14.8 Å². The number of thioether (sulfide) groups is 1. The molecule has 32 heavy (non-hydrogen) atoms. The number of nitrogens with zero attached hydrogens (tertiary/aromatic N) is 3. The first-order valence-corrected chi connectivity index (χ1v) is 12.2. The molecule has 2 aromatic rings. The van der Waals surface area contributed by atoms with Crippen LogP contribution < -0.4 is 4.74 Å². The Bertz CT molecular complexity index is 1160. The Labute approximate surface area is 192 Å². The number of carbonyl (C=O) groups excluding carboxylic acids is 2. The van der Waals surface area contributed by atoms with Crippen molar-refractivity contribution in [3.63, 3.8) is 0 Å². The Balaban J connectivity index is 1.78. The Kier molecular flexibility index (Phi) is 7.37. The summed E-state index contributed by atoms with van der Waals surface area (Å²) >= 11 is 1.44. The number of sulfonamides is 1. The highest BCUT2D eigenvalue weighted by Crippen LogP contribution is 2.29. The Morgan fingerprint density at radius 3 is 2.59 bits per heavy atom. The van der Waals surface area contributed by atoms with Gasteiger partial charge in [0.1, 0.15) is 5.75 Å². The summed E-state index contributed by atoms with van der Waals surface area (Å²) in [5, 5.41) is 0.621. The highest BCUT2D eigenvalue weighted by molar-refractivity contribution is 8.14. The van der Waals surface area contributed by atoms with Gasteiger partial charge in [0.15, 0.2) is 17.6 Å². The number of benzene rings is 2. The quantitative estimate of drug-likeness (QED) is 0.571. The summed E-state index contributed by atoms with van der Waals surface area (Å²) in [5.74, 6) is 0.0800. The van der Waals surface area contributed by atoms with Crippen LogP contribution >= 0.6 is 11.8 Å². The molecular weight excluding hydrogens is 450 g/mol. The molecule has 1 fully saturated rings. The summed E-state index contributed by atoms with van der Waals surface area (Å²) in [6.45, 7) is 3.71. The summed E-state index contributed by atoms with van der Waals surface area (Å²) in [5.41, 5.74) is 0.951. The summed E-state index contributed by atoms with van der Waals surface area (Å²) < 4.78 is 31.5. The zero-order valence-corrected chi connectivity index (χ0v) is 19.9. The van der Waals surface area contributed by atoms with Crippen LogP contribution in [0.25, 0.3) is 0 Å². The van der Waals surface area contributed by atoms with E-state index in [1.807, 2.05) is 6.92 Å². The van der Waals surface area contributed by atoms with E-state index < -0.39 is 10.0 Å². The first-order valence-electron chi connectivity index (χ1n) is 9.90. The number of amides is 1. The molecule has 0 spiro atoms. The molecule has 0 aromatic heterocycles. The average Bonchev–Trinajstić information content (AvgIpc) is 3.12. The van der Waals surface area contributed by atoms with Crippen LogP contribution in [0.4, 0.5) is 5.69 Å². The zero-order valence-electron chi connectivity index (χ0n) is 18.3. The number of ether oxygens (including phenoxy) is 1. The summed E-state index contributed by atoms with van der Waals surface area (Å²) in [7, 11) is -0.656. The summed E-state index contributed by atoms with van der Waals surface area (Å²) in [6.07, 6.45) is 0. The second-order valence-electron chi connectivity index (χ2n) is 7.48. The van der Waals surface area contributed by atoms with E-state index in [0.29, 0.717) is 28.7 Å². The van der Waals surface area contributed by atoms with E-state index in [9.17, 15) is 18.0 Å². The van der Waals surface area contributed by atoms with Crippen molar-refractivity contribution >= 4 is 44.3 Å². The second-order valence-corrected chi connectivity index (χ2v) is 11.0. The largest absolute Gasteiger partial charge is 0.484 e. The summed E-state index contributed by atoms with van der Waals surface area (Å²) in [6, 6.07) is 13.0. The molecule has 0 N–H and O–H groups in total. The lowest BCUT2D eigenvalue weighted by molar-refractivity contribution is -0.129. The van der Waals surface area contributed by atoms with Crippen molar-refractivity contribution < 1.29 is 22.7 Å². The molecule has 1 saturated heterocycles. The minimum Gasteiger partial charge on any atom is -0.484 e. The van der Waals surface area contributed by atoms with E-state index in [-0.39, 0.29) is 28.4 Å². The zero-order chi connectivity index (χ0) is 23.5. The van der Waals surface area contributed by atoms with Crippen LogP contribution in [0.2, 0.25) is 0 Å². The minimum atomic E-state index is -3.59. The topological polar surface area (TPSA) is 96.4 Å². The molecule has 170 valence electrons. The van der Waals surface area contributed by atoms with Crippen LogP contribution in [0.3, 0.4) is 0 Å². The van der Waals surface area contributed by atoms with Gasteiger partial charge in [-0.1, -0.05) is 36.9 Å². The maximum Gasteiger partial charge on any atom is 0.266 e. The Morgan fingerprint density at radius 1 is 1.19 bits per heavy atom. The van der Waals surface area contributed by atoms with Crippen LogP contribution in [0.5, 0.6) is 5.75 Å². The normalized spacial score (nSPS) is 17.7. The third kappa shape index (κ3) is 5.56. The number of aliphatic imine (C=N–C) groups is 1. The minimum absolute atomic E-state index is 0.0838. The molecule has 1 amide bonds. The lowest BCUT2D eigenvalue weighted by Gasteiger charge is -2.17. The van der Waals surface area contributed by atoms with Crippen molar-refractivity contribution in [1.29, 1.82) is 0 Å². The molecule has 0 radical (unpaired) electrons. The van der Waals surface area contributed by atoms with Crippen molar-refractivity contribution in [2.24, 2.45) is 4.99 Å². The number of hydrogen-bond acceptors (Lipinski definition) is 7. The van der Waals surface area contributed by atoms with Gasteiger partial charge in [-0.15, -0.1) is 0 Å². The van der Waals surface area contributed by atoms with Crippen LogP contribution in [0, 0.1) is 0 Å². The van der Waals surface area contributed by atoms with Gasteiger partial charge in [-0.3, -0.25) is 14.5 Å². The molecule has 1 aliphatic rings. The van der Waals surface area contributed by atoms with Crippen molar-refractivity contribution in [2.75, 3.05) is 27.2 Å². The van der Waals surface area contributed by atoms with Gasteiger partial charge in [0.05, 0.1) is 10.6 Å². The Hall–Kier alpha value is -2.69. The first-order chi connectivity index (χ1) is 15.1. The number of ketones is 1. The van der Waals surface area contributed by atoms with Gasteiger partial charge in [0.2, 0.25) is 10.0 Å². The highest BCUT2D eigenvalue weighted by Gasteiger charge is 2.31. The highest BCUT2D eigenvalue weighted by atomic mass is 32.2. The van der Waals surface area contributed by atoms with Gasteiger partial charge < -0.3 is 4.74 Å². The second kappa shape index (κ2) is 9.85. The molecule has 1 aliphatic heterocycles. The van der Waals surface area contributed by atoms with Crippen molar-refractivity contribution in [2.45, 2.75) is 24.0 Å². The van der Waals surface area contributed by atoms with E-state index in [4.69, 9.17) is 4.74 Å². The van der Waals surface area contributed by atoms with Gasteiger partial charge in [0.25, 0.3) is 5.91 Å². The molecule has 2 aromatic carbocycles. The molecule has 1 unspecified atom stereocenters. The van der Waals surface area contributed by atoms with Gasteiger partial charge in [-0.2, -0.15) is 0 Å². The van der Waals surface area contributed by atoms with Gasteiger partial charge in [-0.25, -0.2) is 17.7 Å². The first kappa shape index (κ1) is 24.0. The fourth-order valence-corrected chi connectivity index (χ4v) is 4.96. The van der Waals surface area contributed by atoms with E-state index in [2.05, 4.69) is 4.99 Å². The molecule has 0 aliphatic carbocycles. The molecule has 0 bridgehead atoms. The monoisotopic (exact) mass is 475 g/mol. The standard InChI is InChI=1S/C22H25N3O5S2/c1-15-13-25(21(27)14-30-19-9-5-7-17(11-19)16(2)26)22(31-15)23-18-8-6-10-20(12-18)32(28,29)24(3)4/h5-12,15H,13-14H2,1-4H3. The van der Waals surface area contributed by atoms with Gasteiger partial charge in [0, 0.05) is 31.5 Å². The fourth-order valence-electron chi connectivity index (χ4n) is 2.97. The molecule has 1 atom stereocenters. The van der Waals surface area contributed by atoms with Crippen molar-refractivity contribution in [3.05, 3.63) is 54.1 Å². The number of amidine groups is 1. The molecule has 8 nitrogen and oxygen atoms in total. The number of hydrogen-bond donors (Lipinski definition) is 0. The third-order valence-electron chi connectivity index (χ3n) is 4.70. The number of rotatable bonds is 7. The SMILES string of the molecule is CC(=O)c1cccc(OCC(=O)N2CC(C)SC2=Nc2cccc(S(=O)(=O)N(C)C)c2)c1. The Morgan fingerprint density at radius 2 is 1.91 bits per heavy atom. The number of Topliss-reactive ketones (excluding diaryl/α,β-unsaturated/α-hetero) is 1. The van der Waals surface area contributed by atoms with Gasteiger partial charge in [-0.05, 0) is 37.3 Å². The van der Waals surface area contributed by atoms with Crippen molar-refractivity contribution in [1.82, 2.24) is 9.21 Å². The lowest BCUT2D eigenvalue weighted by atomic mass is 10.1. The van der Waals surface area contributed by atoms with E-state index >= 15 is 0 Å².